The third-order valence-corrected chi connectivity index (χ3v) is 5.23. The minimum atomic E-state index is 0.265. The molecule has 0 radical (unpaired) electrons. The minimum Gasteiger partial charge on any atom is -0.330 e. The maximum absolute atomic E-state index is 6.17. The van der Waals surface area contributed by atoms with Gasteiger partial charge in [0.2, 0.25) is 0 Å². The largest absolute Gasteiger partial charge is 0.330 e. The molecule has 120 valence electrons. The molecule has 1 fully saturated rings. The Morgan fingerprint density at radius 1 is 1.29 bits per heavy atom. The van der Waals surface area contributed by atoms with Crippen molar-refractivity contribution < 1.29 is 0 Å². The molecule has 0 aliphatic heterocycles. The Balaban J connectivity index is 1.95. The van der Waals surface area contributed by atoms with Crippen LogP contribution in [0.5, 0.6) is 0 Å². The van der Waals surface area contributed by atoms with Gasteiger partial charge in [-0.3, -0.25) is 4.68 Å². The SMILES string of the molecule is CCCCC1CCC(CN)(Cc2ncnn2CCC)CC1. The number of aryl methyl sites for hydroxylation is 1. The summed E-state index contributed by atoms with van der Waals surface area (Å²) < 4.78 is 2.07. The number of unbranched alkanes of at least 4 members (excludes halogenated alkanes) is 1. The van der Waals surface area contributed by atoms with E-state index in [1.807, 2.05) is 0 Å². The second-order valence-corrected chi connectivity index (χ2v) is 6.87. The summed E-state index contributed by atoms with van der Waals surface area (Å²) in [7, 11) is 0. The van der Waals surface area contributed by atoms with Gasteiger partial charge in [-0.2, -0.15) is 5.10 Å². The van der Waals surface area contributed by atoms with Gasteiger partial charge in [-0.15, -0.1) is 0 Å². The Hall–Kier alpha value is -0.900. The molecule has 2 N–H and O–H groups in total. The van der Waals surface area contributed by atoms with Crippen molar-refractivity contribution in [2.24, 2.45) is 17.1 Å². The van der Waals surface area contributed by atoms with Gasteiger partial charge in [0, 0.05) is 13.0 Å². The highest BCUT2D eigenvalue weighted by Gasteiger charge is 2.35. The van der Waals surface area contributed by atoms with E-state index in [0.29, 0.717) is 0 Å². The molecule has 0 saturated heterocycles. The lowest BCUT2D eigenvalue weighted by Gasteiger charge is -2.39. The van der Waals surface area contributed by atoms with Gasteiger partial charge >= 0.3 is 0 Å². The van der Waals surface area contributed by atoms with Gasteiger partial charge in [-0.1, -0.05) is 33.1 Å². The van der Waals surface area contributed by atoms with Crippen molar-refractivity contribution in [3.63, 3.8) is 0 Å². The van der Waals surface area contributed by atoms with E-state index in [0.717, 1.165) is 37.7 Å². The Morgan fingerprint density at radius 3 is 2.67 bits per heavy atom. The van der Waals surface area contributed by atoms with Crippen molar-refractivity contribution in [2.45, 2.75) is 78.2 Å². The maximum Gasteiger partial charge on any atom is 0.138 e. The van der Waals surface area contributed by atoms with Crippen LogP contribution in [-0.4, -0.2) is 21.3 Å². The first-order chi connectivity index (χ1) is 10.2. The fourth-order valence-electron chi connectivity index (χ4n) is 3.68. The summed E-state index contributed by atoms with van der Waals surface area (Å²) in [5, 5.41) is 4.36. The fraction of sp³-hybridized carbons (Fsp3) is 0.882. The van der Waals surface area contributed by atoms with Crippen LogP contribution in [0.1, 0.15) is 71.0 Å². The molecule has 1 heterocycles. The van der Waals surface area contributed by atoms with Crippen LogP contribution in [-0.2, 0) is 13.0 Å². The summed E-state index contributed by atoms with van der Waals surface area (Å²) >= 11 is 0. The molecule has 1 saturated carbocycles. The van der Waals surface area contributed by atoms with Crippen LogP contribution in [0.4, 0.5) is 0 Å². The lowest BCUT2D eigenvalue weighted by Crippen LogP contribution is -2.37. The first-order valence-corrected chi connectivity index (χ1v) is 8.79. The molecular weight excluding hydrogens is 260 g/mol. The summed E-state index contributed by atoms with van der Waals surface area (Å²) in [5.41, 5.74) is 6.43. The second-order valence-electron chi connectivity index (χ2n) is 6.87. The van der Waals surface area contributed by atoms with Gasteiger partial charge in [0.15, 0.2) is 0 Å². The van der Waals surface area contributed by atoms with Crippen molar-refractivity contribution in [1.82, 2.24) is 14.8 Å². The predicted octanol–water partition coefficient (Wildman–Crippen LogP) is 3.56. The Morgan fingerprint density at radius 2 is 2.05 bits per heavy atom. The van der Waals surface area contributed by atoms with Crippen molar-refractivity contribution in [3.8, 4) is 0 Å². The Bertz CT molecular complexity index is 405. The first-order valence-electron chi connectivity index (χ1n) is 8.79. The lowest BCUT2D eigenvalue weighted by atomic mass is 9.67. The second kappa shape index (κ2) is 7.92. The molecule has 4 heteroatoms. The summed E-state index contributed by atoms with van der Waals surface area (Å²) in [4.78, 5) is 4.49. The maximum atomic E-state index is 6.17. The van der Waals surface area contributed by atoms with E-state index >= 15 is 0 Å². The van der Waals surface area contributed by atoms with Crippen molar-refractivity contribution >= 4 is 0 Å². The van der Waals surface area contributed by atoms with Crippen molar-refractivity contribution in [1.29, 1.82) is 0 Å². The van der Waals surface area contributed by atoms with Crippen LogP contribution >= 0.6 is 0 Å². The number of hydrogen-bond acceptors (Lipinski definition) is 3. The average molecular weight is 292 g/mol. The molecule has 0 bridgehead atoms. The topological polar surface area (TPSA) is 56.7 Å². The first kappa shape index (κ1) is 16.5. The zero-order chi connectivity index (χ0) is 15.1. The van der Waals surface area contributed by atoms with Crippen LogP contribution in [0.2, 0.25) is 0 Å². The Labute approximate surface area is 129 Å². The third kappa shape index (κ3) is 4.29. The van der Waals surface area contributed by atoms with Gasteiger partial charge in [-0.05, 0) is 50.0 Å². The van der Waals surface area contributed by atoms with E-state index in [-0.39, 0.29) is 5.41 Å². The molecule has 1 aliphatic rings. The molecule has 1 aromatic rings. The lowest BCUT2D eigenvalue weighted by molar-refractivity contribution is 0.145. The summed E-state index contributed by atoms with van der Waals surface area (Å²) in [5.74, 6) is 2.06. The number of rotatable bonds is 8. The number of hydrogen-bond donors (Lipinski definition) is 1. The molecule has 0 amide bonds. The molecule has 0 unspecified atom stereocenters. The van der Waals surface area contributed by atoms with Crippen LogP contribution < -0.4 is 5.73 Å². The molecule has 1 aromatic heterocycles. The zero-order valence-electron chi connectivity index (χ0n) is 13.9. The molecule has 2 rings (SSSR count). The van der Waals surface area contributed by atoms with Gasteiger partial charge in [0.25, 0.3) is 0 Å². The average Bonchev–Trinajstić information content (AvgIpc) is 2.94. The normalized spacial score (nSPS) is 26.1. The van der Waals surface area contributed by atoms with Crippen LogP contribution in [0.15, 0.2) is 6.33 Å². The van der Waals surface area contributed by atoms with Gasteiger partial charge in [0.05, 0.1) is 0 Å². The highest BCUT2D eigenvalue weighted by atomic mass is 15.3. The zero-order valence-corrected chi connectivity index (χ0v) is 13.9. The van der Waals surface area contributed by atoms with Crippen molar-refractivity contribution in [2.75, 3.05) is 6.54 Å². The molecule has 0 aromatic carbocycles. The molecule has 0 spiro atoms. The number of nitrogens with zero attached hydrogens (tertiary/aromatic N) is 3. The summed E-state index contributed by atoms with van der Waals surface area (Å²) in [6, 6.07) is 0. The molecule has 0 atom stereocenters. The van der Waals surface area contributed by atoms with Gasteiger partial charge in [-0.25, -0.2) is 4.98 Å². The highest BCUT2D eigenvalue weighted by Crippen LogP contribution is 2.42. The molecule has 1 aliphatic carbocycles. The third-order valence-electron chi connectivity index (χ3n) is 5.23. The van der Waals surface area contributed by atoms with Crippen LogP contribution in [0, 0.1) is 11.3 Å². The quantitative estimate of drug-likeness (QED) is 0.797. The van der Waals surface area contributed by atoms with E-state index in [4.69, 9.17) is 5.73 Å². The number of nitrogens with two attached hydrogens (primary N) is 1. The van der Waals surface area contributed by atoms with E-state index < -0.39 is 0 Å². The van der Waals surface area contributed by atoms with Gasteiger partial charge < -0.3 is 5.73 Å². The minimum absolute atomic E-state index is 0.265. The summed E-state index contributed by atoms with van der Waals surface area (Å²) in [6.07, 6.45) is 13.1. The predicted molar refractivity (Wildman–Crippen MR) is 87.0 cm³/mol. The van der Waals surface area contributed by atoms with Gasteiger partial charge in [0.1, 0.15) is 12.2 Å². The Kier molecular flexibility index (Phi) is 6.22. The fourth-order valence-corrected chi connectivity index (χ4v) is 3.68. The molecule has 4 nitrogen and oxygen atoms in total. The van der Waals surface area contributed by atoms with E-state index in [9.17, 15) is 0 Å². The smallest absolute Gasteiger partial charge is 0.138 e. The molecular formula is C17H32N4. The summed E-state index contributed by atoms with van der Waals surface area (Å²) in [6.45, 7) is 6.22. The van der Waals surface area contributed by atoms with E-state index in [2.05, 4.69) is 28.6 Å². The highest BCUT2D eigenvalue weighted by molar-refractivity contribution is 4.97. The molecule has 21 heavy (non-hydrogen) atoms. The van der Waals surface area contributed by atoms with Crippen LogP contribution in [0.25, 0.3) is 0 Å². The van der Waals surface area contributed by atoms with E-state index in [1.54, 1.807) is 6.33 Å². The van der Waals surface area contributed by atoms with Crippen LogP contribution in [0.3, 0.4) is 0 Å². The number of aromatic nitrogens is 3. The monoisotopic (exact) mass is 292 g/mol. The van der Waals surface area contributed by atoms with E-state index in [1.165, 1.54) is 44.9 Å². The standard InChI is InChI=1S/C17H32N4/c1-3-5-6-15-7-9-17(13-18,10-8-15)12-16-19-14-20-21(16)11-4-2/h14-15H,3-13,18H2,1-2H3. The van der Waals surface area contributed by atoms with Crippen molar-refractivity contribution in [3.05, 3.63) is 12.2 Å².